The Morgan fingerprint density at radius 2 is 2.14 bits per heavy atom. The molecule has 1 atom stereocenters. The third kappa shape index (κ3) is 4.23. The number of ether oxygens (including phenoxy) is 2. The first-order chi connectivity index (χ1) is 13.7. The Labute approximate surface area is 166 Å². The minimum absolute atomic E-state index is 0.0347. The lowest BCUT2D eigenvalue weighted by atomic mass is 9.73. The van der Waals surface area contributed by atoms with Crippen molar-refractivity contribution in [2.75, 3.05) is 26.3 Å². The normalized spacial score (nSPS) is 23.0. The Hall–Kier alpha value is -1.92. The molecule has 0 saturated carbocycles. The molecule has 2 aliphatic rings. The first-order valence-electron chi connectivity index (χ1n) is 10.6. The molecular formula is C22H31N3O3. The number of imidazole rings is 1. The second-order valence-electron chi connectivity index (χ2n) is 8.17. The lowest BCUT2D eigenvalue weighted by molar-refractivity contribution is -0.162. The van der Waals surface area contributed by atoms with Gasteiger partial charge >= 0.3 is 5.97 Å². The van der Waals surface area contributed by atoms with Gasteiger partial charge in [-0.1, -0.05) is 12.1 Å². The number of nitrogens with one attached hydrogen (secondary N) is 1. The number of benzene rings is 1. The summed E-state index contributed by atoms with van der Waals surface area (Å²) in [6, 6.07) is 8.11. The van der Waals surface area contributed by atoms with Gasteiger partial charge in [-0.25, -0.2) is 4.98 Å². The van der Waals surface area contributed by atoms with Crippen molar-refractivity contribution in [3.63, 3.8) is 0 Å². The number of carbonyl (C=O) groups excluding carboxylic acids is 1. The number of H-pyrrole nitrogens is 1. The molecule has 2 fully saturated rings. The average Bonchev–Trinajstić information content (AvgIpc) is 3.13. The quantitative estimate of drug-likeness (QED) is 0.769. The molecule has 1 aromatic carbocycles. The van der Waals surface area contributed by atoms with E-state index in [2.05, 4.69) is 16.0 Å². The first-order valence-corrected chi connectivity index (χ1v) is 10.6. The molecule has 28 heavy (non-hydrogen) atoms. The van der Waals surface area contributed by atoms with Crippen molar-refractivity contribution >= 4 is 17.0 Å². The molecule has 0 aliphatic carbocycles. The highest BCUT2D eigenvalue weighted by Gasteiger charge is 2.44. The minimum atomic E-state index is -0.400. The van der Waals surface area contributed by atoms with Crippen molar-refractivity contribution < 1.29 is 14.3 Å². The Kier molecular flexibility index (Phi) is 5.97. The highest BCUT2D eigenvalue weighted by Crippen LogP contribution is 2.40. The van der Waals surface area contributed by atoms with E-state index in [-0.39, 0.29) is 12.1 Å². The van der Waals surface area contributed by atoms with Crippen LogP contribution < -0.4 is 0 Å². The van der Waals surface area contributed by atoms with E-state index in [0.29, 0.717) is 6.61 Å². The number of nitrogens with zero attached hydrogens (tertiary/aromatic N) is 2. The van der Waals surface area contributed by atoms with Gasteiger partial charge in [-0.15, -0.1) is 0 Å². The van der Waals surface area contributed by atoms with Gasteiger partial charge in [-0.2, -0.15) is 0 Å². The molecule has 1 aromatic heterocycles. The zero-order valence-electron chi connectivity index (χ0n) is 16.8. The maximum absolute atomic E-state index is 12.9. The largest absolute Gasteiger partial charge is 0.466 e. The summed E-state index contributed by atoms with van der Waals surface area (Å²) in [5, 5.41) is 0. The molecule has 0 spiro atoms. The van der Waals surface area contributed by atoms with Crippen LogP contribution in [-0.4, -0.2) is 53.2 Å². The molecule has 0 bridgehead atoms. The topological polar surface area (TPSA) is 67.5 Å². The van der Waals surface area contributed by atoms with Gasteiger partial charge in [0.25, 0.3) is 0 Å². The number of hydrogen-bond donors (Lipinski definition) is 1. The molecule has 0 unspecified atom stereocenters. The third-order valence-electron chi connectivity index (χ3n) is 6.23. The number of aromatic amines is 1. The van der Waals surface area contributed by atoms with Crippen LogP contribution in [0.5, 0.6) is 0 Å². The van der Waals surface area contributed by atoms with E-state index in [9.17, 15) is 4.79 Å². The van der Waals surface area contributed by atoms with Crippen molar-refractivity contribution in [2.24, 2.45) is 5.41 Å². The van der Waals surface area contributed by atoms with Crippen LogP contribution in [0.15, 0.2) is 24.3 Å². The van der Waals surface area contributed by atoms with Crippen molar-refractivity contribution in [3.05, 3.63) is 30.1 Å². The summed E-state index contributed by atoms with van der Waals surface area (Å²) in [5.41, 5.74) is 1.68. The zero-order chi connectivity index (χ0) is 19.4. The summed E-state index contributed by atoms with van der Waals surface area (Å²) in [6.45, 7) is 5.69. The van der Waals surface area contributed by atoms with E-state index in [1.807, 2.05) is 25.1 Å². The van der Waals surface area contributed by atoms with Crippen LogP contribution in [0.2, 0.25) is 0 Å². The maximum Gasteiger partial charge on any atom is 0.312 e. The molecule has 0 amide bonds. The standard InChI is InChI=1S/C22H31N3O3/c1-2-27-21(26)22(15-17-7-5-6-14-28-17)10-12-25(13-11-22)16-20-23-18-8-3-4-9-19(18)24-20/h3-4,8-9,17H,2,5-7,10-16H2,1H3,(H,23,24)/t17-/m0/s1. The minimum Gasteiger partial charge on any atom is -0.466 e. The van der Waals surface area contributed by atoms with Crippen LogP contribution in [-0.2, 0) is 20.8 Å². The van der Waals surface area contributed by atoms with Gasteiger partial charge in [0.1, 0.15) is 5.82 Å². The smallest absolute Gasteiger partial charge is 0.312 e. The lowest BCUT2D eigenvalue weighted by Crippen LogP contribution is -2.47. The van der Waals surface area contributed by atoms with Crippen LogP contribution in [0.3, 0.4) is 0 Å². The summed E-state index contributed by atoms with van der Waals surface area (Å²) in [6.07, 6.45) is 6.03. The highest BCUT2D eigenvalue weighted by molar-refractivity contribution is 5.77. The van der Waals surface area contributed by atoms with Crippen LogP contribution >= 0.6 is 0 Å². The maximum atomic E-state index is 12.9. The molecule has 4 rings (SSSR count). The van der Waals surface area contributed by atoms with Crippen LogP contribution in [0, 0.1) is 5.41 Å². The molecule has 6 heteroatoms. The van der Waals surface area contributed by atoms with E-state index in [0.717, 1.165) is 75.2 Å². The van der Waals surface area contributed by atoms with Gasteiger partial charge in [-0.3, -0.25) is 9.69 Å². The van der Waals surface area contributed by atoms with Gasteiger partial charge in [0.2, 0.25) is 0 Å². The Bertz CT molecular complexity index is 756. The lowest BCUT2D eigenvalue weighted by Gasteiger charge is -2.41. The van der Waals surface area contributed by atoms with E-state index >= 15 is 0 Å². The fraction of sp³-hybridized carbons (Fsp3) is 0.636. The number of aromatic nitrogens is 2. The summed E-state index contributed by atoms with van der Waals surface area (Å²) < 4.78 is 11.4. The average molecular weight is 386 g/mol. The van der Waals surface area contributed by atoms with Gasteiger partial charge in [0.15, 0.2) is 0 Å². The van der Waals surface area contributed by atoms with Gasteiger partial charge < -0.3 is 14.5 Å². The van der Waals surface area contributed by atoms with Crippen LogP contribution in [0.1, 0.15) is 51.3 Å². The SMILES string of the molecule is CCOC(=O)C1(C[C@@H]2CCCCO2)CCN(Cc2nc3ccccc3[nH]2)CC1. The fourth-order valence-corrected chi connectivity index (χ4v) is 4.61. The highest BCUT2D eigenvalue weighted by atomic mass is 16.5. The summed E-state index contributed by atoms with van der Waals surface area (Å²) in [5.74, 6) is 0.952. The fourth-order valence-electron chi connectivity index (χ4n) is 4.61. The van der Waals surface area contributed by atoms with E-state index in [1.54, 1.807) is 0 Å². The van der Waals surface area contributed by atoms with Gasteiger partial charge in [0.05, 0.1) is 35.7 Å². The molecule has 1 N–H and O–H groups in total. The van der Waals surface area contributed by atoms with Gasteiger partial charge in [-0.05, 0) is 70.7 Å². The van der Waals surface area contributed by atoms with Crippen LogP contribution in [0.25, 0.3) is 11.0 Å². The number of fused-ring (bicyclic) bond motifs is 1. The number of carbonyl (C=O) groups is 1. The first kappa shape index (κ1) is 19.4. The molecule has 2 aliphatic heterocycles. The van der Waals surface area contributed by atoms with E-state index < -0.39 is 5.41 Å². The molecular weight excluding hydrogens is 354 g/mol. The number of hydrogen-bond acceptors (Lipinski definition) is 5. The van der Waals surface area contributed by atoms with Crippen LogP contribution in [0.4, 0.5) is 0 Å². The van der Waals surface area contributed by atoms with E-state index in [1.165, 1.54) is 6.42 Å². The number of para-hydroxylation sites is 2. The summed E-state index contributed by atoms with van der Waals surface area (Å²) in [7, 11) is 0. The molecule has 2 saturated heterocycles. The molecule has 3 heterocycles. The van der Waals surface area contributed by atoms with Crippen molar-refractivity contribution in [3.8, 4) is 0 Å². The number of likely N-dealkylation sites (tertiary alicyclic amines) is 1. The monoisotopic (exact) mass is 385 g/mol. The van der Waals surface area contributed by atoms with Crippen molar-refractivity contribution in [2.45, 2.75) is 58.1 Å². The number of rotatable bonds is 6. The zero-order valence-corrected chi connectivity index (χ0v) is 16.8. The third-order valence-corrected chi connectivity index (χ3v) is 6.23. The van der Waals surface area contributed by atoms with Gasteiger partial charge in [0, 0.05) is 6.61 Å². The Morgan fingerprint density at radius 3 is 2.86 bits per heavy atom. The molecule has 152 valence electrons. The van der Waals surface area contributed by atoms with E-state index in [4.69, 9.17) is 14.5 Å². The predicted molar refractivity (Wildman–Crippen MR) is 108 cm³/mol. The Morgan fingerprint density at radius 1 is 1.32 bits per heavy atom. The predicted octanol–water partition coefficient (Wildman–Crippen LogP) is 3.67. The summed E-state index contributed by atoms with van der Waals surface area (Å²) >= 11 is 0. The Balaban J connectivity index is 1.41. The van der Waals surface area contributed by atoms with Crippen molar-refractivity contribution in [1.82, 2.24) is 14.9 Å². The second kappa shape index (κ2) is 8.62. The molecule has 0 radical (unpaired) electrons. The van der Waals surface area contributed by atoms with Crippen molar-refractivity contribution in [1.29, 1.82) is 0 Å². The summed E-state index contributed by atoms with van der Waals surface area (Å²) in [4.78, 5) is 23.3. The number of piperidine rings is 1. The molecule has 6 nitrogen and oxygen atoms in total. The molecule has 2 aromatic rings. The number of esters is 1. The second-order valence-corrected chi connectivity index (χ2v) is 8.17.